The summed E-state index contributed by atoms with van der Waals surface area (Å²) in [4.78, 5) is 29.7. The normalized spacial score (nSPS) is 20.3. The van der Waals surface area contributed by atoms with Crippen molar-refractivity contribution in [2.45, 2.75) is 89.4 Å². The number of benzene rings is 1. The van der Waals surface area contributed by atoms with E-state index in [1.165, 1.54) is 7.11 Å². The van der Waals surface area contributed by atoms with Crippen LogP contribution in [0, 0.1) is 11.8 Å². The van der Waals surface area contributed by atoms with E-state index in [4.69, 9.17) is 23.7 Å². The van der Waals surface area contributed by atoms with Crippen molar-refractivity contribution in [3.05, 3.63) is 43.0 Å². The van der Waals surface area contributed by atoms with Gasteiger partial charge in [0.05, 0.1) is 33.4 Å². The third-order valence-corrected chi connectivity index (χ3v) is 8.66. The van der Waals surface area contributed by atoms with E-state index in [9.17, 15) is 14.7 Å². The molecule has 2 fully saturated rings. The second kappa shape index (κ2) is 17.3. The van der Waals surface area contributed by atoms with Crippen molar-refractivity contribution in [3.8, 4) is 17.2 Å². The van der Waals surface area contributed by atoms with Crippen LogP contribution in [0.1, 0.15) is 76.7 Å². The van der Waals surface area contributed by atoms with Gasteiger partial charge >= 0.3 is 5.97 Å². The quantitative estimate of drug-likeness (QED) is 0.152. The summed E-state index contributed by atoms with van der Waals surface area (Å²) in [6.45, 7) is 12.1. The molecule has 1 heterocycles. The summed E-state index contributed by atoms with van der Waals surface area (Å²) in [6.07, 6.45) is 9.50. The minimum atomic E-state index is -0.874. The lowest BCUT2D eigenvalue weighted by molar-refractivity contribution is -0.163. The largest absolute Gasteiger partial charge is 0.493 e. The number of piperidine rings is 1. The number of esters is 1. The summed E-state index contributed by atoms with van der Waals surface area (Å²) in [7, 11) is 3.07. The maximum atomic E-state index is 14.6. The Morgan fingerprint density at radius 2 is 1.70 bits per heavy atom. The van der Waals surface area contributed by atoms with E-state index in [2.05, 4.69) is 13.2 Å². The monoisotopic (exact) mass is 601 g/mol. The van der Waals surface area contributed by atoms with Gasteiger partial charge in [0.1, 0.15) is 24.9 Å². The molecule has 1 N–H and O–H groups in total. The molecule has 0 spiro atoms. The SMILES string of the molecule is C=CCOC[C@@H](O)COc1cc([C@@H](C(=O)N2CCCC[C@H]2C(=O)O[C@H](C)[C@H](C)C=C)C2CCCCC2)cc(OC)c1OC. The molecule has 3 rings (SSSR count). The highest BCUT2D eigenvalue weighted by molar-refractivity contribution is 5.89. The second-order valence-electron chi connectivity index (χ2n) is 11.7. The topological polar surface area (TPSA) is 104 Å². The molecule has 9 heteroatoms. The first-order valence-corrected chi connectivity index (χ1v) is 15.6. The van der Waals surface area contributed by atoms with Crippen molar-refractivity contribution in [1.82, 2.24) is 4.90 Å². The minimum absolute atomic E-state index is 0.00364. The number of hydrogen-bond donors (Lipinski definition) is 1. The third-order valence-electron chi connectivity index (χ3n) is 8.66. The van der Waals surface area contributed by atoms with Crippen LogP contribution < -0.4 is 14.2 Å². The predicted octanol–water partition coefficient (Wildman–Crippen LogP) is 5.44. The van der Waals surface area contributed by atoms with Crippen molar-refractivity contribution < 1.29 is 38.4 Å². The van der Waals surface area contributed by atoms with Gasteiger partial charge in [-0.15, -0.1) is 13.2 Å². The highest BCUT2D eigenvalue weighted by Gasteiger charge is 2.41. The summed E-state index contributed by atoms with van der Waals surface area (Å²) in [5.41, 5.74) is 0.744. The predicted molar refractivity (Wildman–Crippen MR) is 166 cm³/mol. The molecule has 5 atom stereocenters. The fraction of sp³-hybridized carbons (Fsp3) is 0.647. The first-order chi connectivity index (χ1) is 20.7. The van der Waals surface area contributed by atoms with Crippen molar-refractivity contribution >= 4 is 11.9 Å². The summed E-state index contributed by atoms with van der Waals surface area (Å²) < 4.78 is 28.5. The van der Waals surface area contributed by atoms with E-state index >= 15 is 0 Å². The second-order valence-corrected chi connectivity index (χ2v) is 11.7. The van der Waals surface area contributed by atoms with Gasteiger partial charge in [0.15, 0.2) is 11.5 Å². The Kier molecular flexibility index (Phi) is 13.9. The number of aliphatic hydroxyl groups excluding tert-OH is 1. The fourth-order valence-electron chi connectivity index (χ4n) is 6.02. The molecular formula is C34H51NO8. The summed E-state index contributed by atoms with van der Waals surface area (Å²) in [6, 6.07) is 3.03. The molecule has 0 radical (unpaired) electrons. The first-order valence-electron chi connectivity index (χ1n) is 15.6. The molecule has 43 heavy (non-hydrogen) atoms. The molecule has 1 aliphatic carbocycles. The minimum Gasteiger partial charge on any atom is -0.493 e. The number of likely N-dealkylation sites (tertiary alicyclic amines) is 1. The van der Waals surface area contributed by atoms with Crippen LogP contribution in [-0.2, 0) is 19.1 Å². The van der Waals surface area contributed by atoms with E-state index in [-0.39, 0.29) is 43.0 Å². The first kappa shape index (κ1) is 34.5. The zero-order valence-corrected chi connectivity index (χ0v) is 26.4. The Morgan fingerprint density at radius 3 is 2.35 bits per heavy atom. The molecule has 1 amide bonds. The van der Waals surface area contributed by atoms with E-state index < -0.39 is 18.1 Å². The van der Waals surface area contributed by atoms with Gasteiger partial charge in [-0.25, -0.2) is 4.79 Å². The number of ether oxygens (including phenoxy) is 5. The molecule has 2 aliphatic rings. The molecule has 0 bridgehead atoms. The summed E-state index contributed by atoms with van der Waals surface area (Å²) in [5.74, 6) is 0.353. The van der Waals surface area contributed by atoms with Crippen LogP contribution in [0.2, 0.25) is 0 Å². The Morgan fingerprint density at radius 1 is 1.00 bits per heavy atom. The van der Waals surface area contributed by atoms with E-state index in [1.54, 1.807) is 24.2 Å². The number of rotatable bonds is 16. The number of carbonyl (C=O) groups excluding carboxylic acids is 2. The molecule has 1 saturated carbocycles. The van der Waals surface area contributed by atoms with Crippen molar-refractivity contribution in [2.75, 3.05) is 40.6 Å². The Bertz CT molecular complexity index is 1070. The Hall–Kier alpha value is -3.04. The van der Waals surface area contributed by atoms with Gasteiger partial charge in [-0.2, -0.15) is 0 Å². The van der Waals surface area contributed by atoms with Crippen molar-refractivity contribution in [3.63, 3.8) is 0 Å². The average Bonchev–Trinajstić information content (AvgIpc) is 3.03. The smallest absolute Gasteiger partial charge is 0.329 e. The fourth-order valence-corrected chi connectivity index (χ4v) is 6.02. The average molecular weight is 602 g/mol. The highest BCUT2D eigenvalue weighted by atomic mass is 16.5. The van der Waals surface area contributed by atoms with Gasteiger partial charge in [0, 0.05) is 12.5 Å². The molecule has 1 saturated heterocycles. The van der Waals surface area contributed by atoms with Gasteiger partial charge in [-0.3, -0.25) is 4.79 Å². The number of carbonyl (C=O) groups is 2. The molecular weight excluding hydrogens is 550 g/mol. The molecule has 1 aromatic carbocycles. The van der Waals surface area contributed by atoms with Gasteiger partial charge in [-0.1, -0.05) is 38.3 Å². The lowest BCUT2D eigenvalue weighted by Crippen LogP contribution is -2.51. The maximum Gasteiger partial charge on any atom is 0.329 e. The number of nitrogens with zero attached hydrogens (tertiary/aromatic N) is 1. The van der Waals surface area contributed by atoms with Crippen LogP contribution in [-0.4, -0.2) is 80.7 Å². The molecule has 1 aliphatic heterocycles. The molecule has 9 nitrogen and oxygen atoms in total. The zero-order valence-electron chi connectivity index (χ0n) is 26.4. The van der Waals surface area contributed by atoms with E-state index in [1.807, 2.05) is 26.0 Å². The van der Waals surface area contributed by atoms with Gasteiger partial charge in [0.2, 0.25) is 11.7 Å². The molecule has 0 unspecified atom stereocenters. The number of hydrogen-bond acceptors (Lipinski definition) is 8. The highest BCUT2D eigenvalue weighted by Crippen LogP contribution is 2.45. The standard InChI is InChI=1S/C34H51NO8/c1-7-18-41-21-27(36)22-42-30-20-26(19-29(39-5)32(30)40-6)31(25-14-10-9-11-15-25)33(37)35-17-13-12-16-28(35)34(38)43-24(4)23(3)8-2/h7-8,19-20,23-25,27-28,31,36H,1-2,9-18,21-22H2,3-6H3/t23-,24-,27-,28+,31+/m1/s1. The third kappa shape index (κ3) is 9.22. The Balaban J connectivity index is 1.96. The molecule has 1 aromatic rings. The van der Waals surface area contributed by atoms with Gasteiger partial charge in [-0.05, 0) is 62.6 Å². The molecule has 240 valence electrons. The van der Waals surface area contributed by atoms with Gasteiger partial charge < -0.3 is 33.7 Å². The Labute approximate surface area is 257 Å². The lowest BCUT2D eigenvalue weighted by Gasteiger charge is -2.40. The van der Waals surface area contributed by atoms with Crippen LogP contribution >= 0.6 is 0 Å². The van der Waals surface area contributed by atoms with Crippen LogP contribution in [0.5, 0.6) is 17.2 Å². The van der Waals surface area contributed by atoms with E-state index in [0.717, 1.165) is 50.5 Å². The summed E-state index contributed by atoms with van der Waals surface area (Å²) >= 11 is 0. The van der Waals surface area contributed by atoms with Crippen LogP contribution in [0.4, 0.5) is 0 Å². The number of aliphatic hydroxyl groups is 1. The molecule has 0 aromatic heterocycles. The number of amides is 1. The number of methoxy groups -OCH3 is 2. The van der Waals surface area contributed by atoms with Crippen molar-refractivity contribution in [2.24, 2.45) is 11.8 Å². The van der Waals surface area contributed by atoms with Crippen LogP contribution in [0.25, 0.3) is 0 Å². The zero-order chi connectivity index (χ0) is 31.4. The van der Waals surface area contributed by atoms with Gasteiger partial charge in [0.25, 0.3) is 0 Å². The van der Waals surface area contributed by atoms with E-state index in [0.29, 0.717) is 36.8 Å². The lowest BCUT2D eigenvalue weighted by atomic mass is 9.75. The maximum absolute atomic E-state index is 14.6. The van der Waals surface area contributed by atoms with Crippen LogP contribution in [0.3, 0.4) is 0 Å². The van der Waals surface area contributed by atoms with Crippen molar-refractivity contribution in [1.29, 1.82) is 0 Å². The van der Waals surface area contributed by atoms with Crippen LogP contribution in [0.15, 0.2) is 37.4 Å². The summed E-state index contributed by atoms with van der Waals surface area (Å²) in [5, 5.41) is 10.4.